The molecular formula is C33H17CuN7. The number of fused-ring (bicyclic) bond motifs is 20. The van der Waals surface area contributed by atoms with Crippen LogP contribution in [0.2, 0.25) is 0 Å². The van der Waals surface area contributed by atoms with E-state index in [0.29, 0.717) is 34.6 Å². The molecule has 0 N–H and O–H groups in total. The molecule has 0 saturated heterocycles. The average molecular weight is 575 g/mol. The fourth-order valence-corrected chi connectivity index (χ4v) is 5.62. The molecule has 2 aromatic heterocycles. The van der Waals surface area contributed by atoms with Crippen LogP contribution in [-0.2, 0) is 17.1 Å². The molecule has 8 bridgehead atoms. The van der Waals surface area contributed by atoms with Crippen LogP contribution in [0.5, 0.6) is 0 Å². The second-order valence-corrected chi connectivity index (χ2v) is 9.82. The number of nitrogens with zero attached hydrogens (tertiary/aromatic N) is 7. The van der Waals surface area contributed by atoms with Gasteiger partial charge in [0, 0.05) is 33.5 Å². The molecule has 0 amide bonds. The molecule has 9 rings (SSSR count). The first kappa shape index (κ1) is 23.7. The van der Waals surface area contributed by atoms with Crippen molar-refractivity contribution in [2.45, 2.75) is 0 Å². The zero-order chi connectivity index (χ0) is 26.2. The molecule has 0 saturated carbocycles. The van der Waals surface area contributed by atoms with Gasteiger partial charge in [0.1, 0.15) is 0 Å². The monoisotopic (exact) mass is 574 g/mol. The Morgan fingerprint density at radius 2 is 0.732 bits per heavy atom. The molecule has 0 unspecified atom stereocenters. The number of benzene rings is 4. The number of hydrogen-bond donors (Lipinski definition) is 0. The number of rotatable bonds is 0. The quantitative estimate of drug-likeness (QED) is 0.144. The van der Waals surface area contributed by atoms with Gasteiger partial charge in [-0.05, 0) is 21.8 Å². The topological polar surface area (TPSA) is 91.4 Å². The van der Waals surface area contributed by atoms with Crippen molar-refractivity contribution in [2.75, 3.05) is 0 Å². The van der Waals surface area contributed by atoms with Gasteiger partial charge in [-0.15, -0.1) is 29.0 Å². The Morgan fingerprint density at radius 3 is 1.15 bits per heavy atom. The van der Waals surface area contributed by atoms with Gasteiger partial charge in [-0.3, -0.25) is 9.97 Å². The summed E-state index contributed by atoms with van der Waals surface area (Å²) in [7, 11) is 0. The first-order valence-electron chi connectivity index (χ1n) is 13.0. The zero-order valence-electron chi connectivity index (χ0n) is 21.2. The molecule has 0 fully saturated rings. The van der Waals surface area contributed by atoms with Crippen molar-refractivity contribution in [1.29, 1.82) is 0 Å². The normalized spacial score (nSPS) is 11.7. The van der Waals surface area contributed by atoms with Crippen LogP contribution in [0.4, 0.5) is 0 Å². The second kappa shape index (κ2) is 8.92. The van der Waals surface area contributed by atoms with E-state index in [1.165, 1.54) is 0 Å². The standard InChI is InChI=1S/C33H17N7.Cu/c1-2-10-19-18(9-1)26-17-27(19)35-29-21-12-4-6-14-23(21)31(37-29)39-33-25-16-8-7-15-24(25)32(40-33)38-30-22-13-5-3-11-20(22)28(34-26)36-30;/h1-17H;/q-2;+2. The van der Waals surface area contributed by atoms with E-state index >= 15 is 0 Å². The van der Waals surface area contributed by atoms with E-state index < -0.39 is 0 Å². The average Bonchev–Trinajstić information content (AvgIpc) is 3.73. The third kappa shape index (κ3) is 3.55. The summed E-state index contributed by atoms with van der Waals surface area (Å²) in [6.07, 6.45) is 0. The maximum Gasteiger partial charge on any atom is 2.00 e. The predicted octanol–water partition coefficient (Wildman–Crippen LogP) is 6.89. The van der Waals surface area contributed by atoms with Gasteiger partial charge < -0.3 is 15.0 Å². The molecule has 0 atom stereocenters. The summed E-state index contributed by atoms with van der Waals surface area (Å²) in [5, 5.41) is 3.82. The van der Waals surface area contributed by atoms with Crippen molar-refractivity contribution in [3.63, 3.8) is 0 Å². The Labute approximate surface area is 243 Å². The molecule has 41 heavy (non-hydrogen) atoms. The summed E-state index contributed by atoms with van der Waals surface area (Å²) in [6, 6.07) is 34.2. The van der Waals surface area contributed by atoms with Crippen LogP contribution in [0, 0.1) is 0 Å². The zero-order valence-corrected chi connectivity index (χ0v) is 22.2. The van der Waals surface area contributed by atoms with E-state index in [9.17, 15) is 0 Å². The Hall–Kier alpha value is -5.17. The van der Waals surface area contributed by atoms with Gasteiger partial charge in [-0.1, -0.05) is 84.9 Å². The van der Waals surface area contributed by atoms with Gasteiger partial charge in [0.2, 0.25) is 0 Å². The minimum atomic E-state index is 0. The molecule has 2 aliphatic rings. The minimum absolute atomic E-state index is 0. The maximum absolute atomic E-state index is 5.06. The molecule has 1 radical (unpaired) electrons. The number of hydrogen-bond acceptors (Lipinski definition) is 6. The van der Waals surface area contributed by atoms with Crippen LogP contribution in [0.1, 0.15) is 0 Å². The van der Waals surface area contributed by atoms with Gasteiger partial charge in [0.05, 0.1) is 11.6 Å². The fraction of sp³-hybridized carbons (Fsp3) is 0. The van der Waals surface area contributed by atoms with Crippen LogP contribution in [-0.4, -0.2) is 29.9 Å². The van der Waals surface area contributed by atoms with E-state index in [4.69, 9.17) is 34.9 Å². The molecule has 195 valence electrons. The fourth-order valence-electron chi connectivity index (χ4n) is 5.62. The molecule has 7 aromatic rings. The van der Waals surface area contributed by atoms with E-state index in [-0.39, 0.29) is 17.1 Å². The summed E-state index contributed by atoms with van der Waals surface area (Å²) in [6.45, 7) is 0. The van der Waals surface area contributed by atoms with Crippen molar-refractivity contribution in [1.82, 2.24) is 34.9 Å². The molecule has 7 nitrogen and oxygen atoms in total. The largest absolute Gasteiger partial charge is 2.00 e. The van der Waals surface area contributed by atoms with Gasteiger partial charge in [0.15, 0.2) is 11.6 Å². The Morgan fingerprint density at radius 1 is 0.390 bits per heavy atom. The smallest absolute Gasteiger partial charge is 0.357 e. The predicted molar refractivity (Wildman–Crippen MR) is 156 cm³/mol. The van der Waals surface area contributed by atoms with Crippen LogP contribution in [0.15, 0.2) is 103 Å². The molecule has 0 aliphatic carbocycles. The summed E-state index contributed by atoms with van der Waals surface area (Å²) < 4.78 is 0. The van der Waals surface area contributed by atoms with Crippen LogP contribution < -0.4 is 4.98 Å². The van der Waals surface area contributed by atoms with Crippen molar-refractivity contribution < 1.29 is 17.1 Å². The van der Waals surface area contributed by atoms with E-state index in [1.54, 1.807) is 0 Å². The van der Waals surface area contributed by atoms with Crippen LogP contribution >= 0.6 is 0 Å². The maximum atomic E-state index is 5.06. The molecule has 4 heterocycles. The van der Waals surface area contributed by atoms with Gasteiger partial charge in [0.25, 0.3) is 0 Å². The van der Waals surface area contributed by atoms with Crippen LogP contribution in [0.25, 0.3) is 89.4 Å². The van der Waals surface area contributed by atoms with E-state index in [1.807, 2.05) is 91.0 Å². The van der Waals surface area contributed by atoms with Gasteiger partial charge in [-0.25, -0.2) is 9.97 Å². The summed E-state index contributed by atoms with van der Waals surface area (Å²) in [5.74, 6) is 2.39. The summed E-state index contributed by atoms with van der Waals surface area (Å²) >= 11 is 0. The first-order valence-corrected chi connectivity index (χ1v) is 13.0. The van der Waals surface area contributed by atoms with Crippen molar-refractivity contribution in [3.05, 3.63) is 103 Å². The van der Waals surface area contributed by atoms with Gasteiger partial charge >= 0.3 is 17.1 Å². The molecule has 5 aromatic carbocycles. The second-order valence-electron chi connectivity index (χ2n) is 9.82. The Kier molecular flexibility index (Phi) is 5.16. The Bertz CT molecular complexity index is 2030. The molecule has 0 spiro atoms. The molecule has 8 heteroatoms. The van der Waals surface area contributed by atoms with Crippen molar-refractivity contribution >= 4 is 43.9 Å². The molecular weight excluding hydrogens is 558 g/mol. The first-order chi connectivity index (χ1) is 19.8. The Balaban J connectivity index is 0.00000256. The van der Waals surface area contributed by atoms with Crippen LogP contribution in [0.3, 0.4) is 0 Å². The summed E-state index contributed by atoms with van der Waals surface area (Å²) in [5.41, 5.74) is 6.45. The third-order valence-electron chi connectivity index (χ3n) is 7.49. The SMILES string of the molecule is [Cu+2].c1ccc2c(c1)-c1nc-2nc2[n-]c(nc3nc(nc4[cH-]c(n1)c1ccccc41)-c1ccccc1-3)c1ccccc21. The van der Waals surface area contributed by atoms with E-state index in [2.05, 4.69) is 12.1 Å². The summed E-state index contributed by atoms with van der Waals surface area (Å²) in [4.78, 5) is 34.8. The third-order valence-corrected chi connectivity index (χ3v) is 7.49. The minimum Gasteiger partial charge on any atom is -0.357 e. The molecule has 2 aliphatic heterocycles. The van der Waals surface area contributed by atoms with Crippen molar-refractivity contribution in [2.24, 2.45) is 0 Å². The number of aromatic nitrogens is 7. The van der Waals surface area contributed by atoms with Crippen molar-refractivity contribution in [3.8, 4) is 45.6 Å². The van der Waals surface area contributed by atoms with Gasteiger partial charge in [-0.2, -0.15) is 0 Å². The van der Waals surface area contributed by atoms with E-state index in [0.717, 1.165) is 54.8 Å².